The van der Waals surface area contributed by atoms with Gasteiger partial charge in [0.05, 0.1) is 13.4 Å². The van der Waals surface area contributed by atoms with E-state index in [1.54, 1.807) is 31.2 Å². The van der Waals surface area contributed by atoms with Gasteiger partial charge >= 0.3 is 5.97 Å². The van der Waals surface area contributed by atoms with E-state index in [1.165, 1.54) is 11.4 Å². The minimum absolute atomic E-state index is 0.0503. The SMILES string of the molecule is CC#CCOc1ccc(C(=O)NC[C@@H](C(=O)OC)N2CCN(S(C)(=O)=O)CC2)cc1. The maximum absolute atomic E-state index is 12.5. The van der Waals surface area contributed by atoms with Crippen molar-refractivity contribution in [3.05, 3.63) is 29.8 Å². The topological polar surface area (TPSA) is 105 Å². The van der Waals surface area contributed by atoms with Crippen LogP contribution in [0.2, 0.25) is 0 Å². The molecule has 1 aromatic rings. The molecule has 1 saturated heterocycles. The molecular formula is C20H27N3O6S. The first kappa shape index (κ1) is 23.7. The molecule has 164 valence electrons. The Kier molecular flexibility index (Phi) is 8.65. The van der Waals surface area contributed by atoms with E-state index < -0.39 is 22.0 Å². The van der Waals surface area contributed by atoms with Crippen LogP contribution in [0.4, 0.5) is 0 Å². The van der Waals surface area contributed by atoms with E-state index in [4.69, 9.17) is 9.47 Å². The second-order valence-corrected chi connectivity index (χ2v) is 8.67. The predicted molar refractivity (Wildman–Crippen MR) is 112 cm³/mol. The highest BCUT2D eigenvalue weighted by Crippen LogP contribution is 2.13. The Morgan fingerprint density at radius 2 is 1.80 bits per heavy atom. The van der Waals surface area contributed by atoms with Gasteiger partial charge in [-0.3, -0.25) is 14.5 Å². The second kappa shape index (κ2) is 11.0. The van der Waals surface area contributed by atoms with Crippen LogP contribution in [0, 0.1) is 11.8 Å². The van der Waals surface area contributed by atoms with Crippen LogP contribution in [0.15, 0.2) is 24.3 Å². The number of benzene rings is 1. The van der Waals surface area contributed by atoms with Gasteiger partial charge in [0.1, 0.15) is 18.4 Å². The summed E-state index contributed by atoms with van der Waals surface area (Å²) in [5, 5.41) is 2.75. The van der Waals surface area contributed by atoms with Crippen LogP contribution < -0.4 is 10.1 Å². The zero-order valence-electron chi connectivity index (χ0n) is 17.4. The Morgan fingerprint density at radius 1 is 1.17 bits per heavy atom. The number of ether oxygens (including phenoxy) is 2. The number of carbonyl (C=O) groups is 2. The van der Waals surface area contributed by atoms with E-state index >= 15 is 0 Å². The van der Waals surface area contributed by atoms with Crippen molar-refractivity contribution >= 4 is 21.9 Å². The molecule has 30 heavy (non-hydrogen) atoms. The number of piperazine rings is 1. The molecule has 1 amide bonds. The minimum Gasteiger partial charge on any atom is -0.481 e. The Hall–Kier alpha value is -2.61. The number of nitrogens with one attached hydrogen (secondary N) is 1. The van der Waals surface area contributed by atoms with E-state index in [1.807, 2.05) is 4.90 Å². The van der Waals surface area contributed by atoms with Gasteiger partial charge in [0, 0.05) is 38.3 Å². The standard InChI is InChI=1S/C20H27N3O6S/c1-4-5-14-29-17-8-6-16(7-9-17)19(24)21-15-18(20(25)28-2)22-10-12-23(13-11-22)30(3,26)27/h6-9,18H,10-15H2,1-3H3,(H,21,24)/t18-/m0/s1. The molecule has 0 aliphatic carbocycles. The van der Waals surface area contributed by atoms with Crippen LogP contribution in [0.5, 0.6) is 5.75 Å². The molecule has 1 atom stereocenters. The average molecular weight is 438 g/mol. The Labute approximate surface area is 177 Å². The van der Waals surface area contributed by atoms with Gasteiger partial charge in [-0.1, -0.05) is 5.92 Å². The fourth-order valence-electron chi connectivity index (χ4n) is 3.03. The third kappa shape index (κ3) is 6.73. The highest BCUT2D eigenvalue weighted by molar-refractivity contribution is 7.88. The summed E-state index contributed by atoms with van der Waals surface area (Å²) < 4.78 is 35.0. The number of methoxy groups -OCH3 is 1. The summed E-state index contributed by atoms with van der Waals surface area (Å²) in [6.07, 6.45) is 1.16. The van der Waals surface area contributed by atoms with Crippen LogP contribution >= 0.6 is 0 Å². The first-order valence-corrected chi connectivity index (χ1v) is 11.3. The van der Waals surface area contributed by atoms with Crippen molar-refractivity contribution in [1.82, 2.24) is 14.5 Å². The summed E-state index contributed by atoms with van der Waals surface area (Å²) in [5.41, 5.74) is 0.425. The largest absolute Gasteiger partial charge is 0.481 e. The van der Waals surface area contributed by atoms with E-state index in [0.29, 0.717) is 24.4 Å². The molecule has 1 N–H and O–H groups in total. The van der Waals surface area contributed by atoms with Crippen LogP contribution in [0.1, 0.15) is 17.3 Å². The lowest BCUT2D eigenvalue weighted by Gasteiger charge is -2.37. The zero-order valence-corrected chi connectivity index (χ0v) is 18.2. The predicted octanol–water partition coefficient (Wildman–Crippen LogP) is -0.0627. The van der Waals surface area contributed by atoms with Gasteiger partial charge in [0.25, 0.3) is 5.91 Å². The van der Waals surface area contributed by atoms with Gasteiger partial charge in [-0.05, 0) is 31.2 Å². The molecule has 1 aliphatic heterocycles. The van der Waals surface area contributed by atoms with Crippen LogP contribution in [-0.4, -0.2) is 88.2 Å². The molecule has 2 rings (SSSR count). The van der Waals surface area contributed by atoms with Crippen molar-refractivity contribution in [3.8, 4) is 17.6 Å². The molecule has 0 aromatic heterocycles. The van der Waals surface area contributed by atoms with Gasteiger partial charge in [-0.25, -0.2) is 8.42 Å². The van der Waals surface area contributed by atoms with Crippen molar-refractivity contribution in [1.29, 1.82) is 0 Å². The summed E-state index contributed by atoms with van der Waals surface area (Å²) in [7, 11) is -1.99. The summed E-state index contributed by atoms with van der Waals surface area (Å²) in [5.74, 6) is 5.31. The maximum Gasteiger partial charge on any atom is 0.324 e. The first-order chi connectivity index (χ1) is 14.3. The maximum atomic E-state index is 12.5. The minimum atomic E-state index is -3.27. The van der Waals surface area contributed by atoms with Gasteiger partial charge < -0.3 is 14.8 Å². The summed E-state index contributed by atoms with van der Waals surface area (Å²) in [6, 6.07) is 5.91. The Bertz CT molecular complexity index is 897. The molecule has 0 spiro atoms. The normalized spacial score (nSPS) is 16.1. The highest BCUT2D eigenvalue weighted by Gasteiger charge is 2.32. The number of esters is 1. The molecule has 0 saturated carbocycles. The van der Waals surface area contributed by atoms with Crippen molar-refractivity contribution < 1.29 is 27.5 Å². The molecule has 0 radical (unpaired) electrons. The lowest BCUT2D eigenvalue weighted by atomic mass is 10.1. The summed E-state index contributed by atoms with van der Waals surface area (Å²) in [4.78, 5) is 26.5. The molecule has 1 aliphatic rings. The molecular weight excluding hydrogens is 410 g/mol. The number of hydrogen-bond donors (Lipinski definition) is 1. The van der Waals surface area contributed by atoms with Crippen molar-refractivity contribution in [3.63, 3.8) is 0 Å². The Balaban J connectivity index is 1.95. The number of sulfonamides is 1. The van der Waals surface area contributed by atoms with Gasteiger partial charge in [-0.2, -0.15) is 4.31 Å². The lowest BCUT2D eigenvalue weighted by molar-refractivity contribution is -0.147. The van der Waals surface area contributed by atoms with Crippen LogP contribution in [-0.2, 0) is 19.6 Å². The number of hydrogen-bond acceptors (Lipinski definition) is 7. The molecule has 1 fully saturated rings. The van der Waals surface area contributed by atoms with Gasteiger partial charge in [-0.15, -0.1) is 5.92 Å². The van der Waals surface area contributed by atoms with E-state index in [2.05, 4.69) is 17.2 Å². The number of nitrogens with zero attached hydrogens (tertiary/aromatic N) is 2. The number of rotatable bonds is 8. The van der Waals surface area contributed by atoms with Crippen LogP contribution in [0.25, 0.3) is 0 Å². The van der Waals surface area contributed by atoms with Crippen molar-refractivity contribution in [2.45, 2.75) is 13.0 Å². The van der Waals surface area contributed by atoms with E-state index in [9.17, 15) is 18.0 Å². The van der Waals surface area contributed by atoms with Crippen LogP contribution in [0.3, 0.4) is 0 Å². The van der Waals surface area contributed by atoms with Gasteiger partial charge in [0.15, 0.2) is 0 Å². The molecule has 1 heterocycles. The summed E-state index contributed by atoms with van der Waals surface area (Å²) >= 11 is 0. The smallest absolute Gasteiger partial charge is 0.324 e. The molecule has 10 heteroatoms. The second-order valence-electron chi connectivity index (χ2n) is 6.69. The average Bonchev–Trinajstić information content (AvgIpc) is 2.74. The highest BCUT2D eigenvalue weighted by atomic mass is 32.2. The molecule has 1 aromatic carbocycles. The molecule has 0 bridgehead atoms. The third-order valence-corrected chi connectivity index (χ3v) is 6.02. The number of amides is 1. The quantitative estimate of drug-likeness (QED) is 0.449. The van der Waals surface area contributed by atoms with Crippen molar-refractivity contribution in [2.75, 3.05) is 52.7 Å². The summed E-state index contributed by atoms with van der Waals surface area (Å²) in [6.45, 7) is 3.35. The Morgan fingerprint density at radius 3 is 2.33 bits per heavy atom. The first-order valence-electron chi connectivity index (χ1n) is 9.44. The monoisotopic (exact) mass is 437 g/mol. The third-order valence-electron chi connectivity index (χ3n) is 4.72. The molecule has 0 unspecified atom stereocenters. The lowest BCUT2D eigenvalue weighted by Crippen LogP contribution is -2.57. The number of carbonyl (C=O) groups excluding carboxylic acids is 2. The van der Waals surface area contributed by atoms with Crippen molar-refractivity contribution in [2.24, 2.45) is 0 Å². The molecule has 9 nitrogen and oxygen atoms in total. The fraction of sp³-hybridized carbons (Fsp3) is 0.500. The van der Waals surface area contributed by atoms with E-state index in [-0.39, 0.29) is 32.1 Å². The van der Waals surface area contributed by atoms with E-state index in [0.717, 1.165) is 6.26 Å². The fourth-order valence-corrected chi connectivity index (χ4v) is 3.86. The van der Waals surface area contributed by atoms with Gasteiger partial charge in [0.2, 0.25) is 10.0 Å². The zero-order chi connectivity index (χ0) is 22.1.